The van der Waals surface area contributed by atoms with Crippen molar-refractivity contribution in [1.82, 2.24) is 0 Å². The fourth-order valence-electron chi connectivity index (χ4n) is 2.11. The molecular formula is C14H13NO4. The van der Waals surface area contributed by atoms with Crippen molar-refractivity contribution in [2.75, 3.05) is 0 Å². The van der Waals surface area contributed by atoms with E-state index in [1.807, 2.05) is 18.2 Å². The number of hydrogen-bond donors (Lipinski definition) is 1. The van der Waals surface area contributed by atoms with E-state index in [4.69, 9.17) is 14.9 Å². The van der Waals surface area contributed by atoms with Crippen LogP contribution in [0.1, 0.15) is 29.0 Å². The van der Waals surface area contributed by atoms with E-state index < -0.39 is 17.5 Å². The Hall–Kier alpha value is -2.30. The number of furan rings is 1. The zero-order valence-corrected chi connectivity index (χ0v) is 10.4. The molecule has 1 saturated carbocycles. The largest absolute Gasteiger partial charge is 0.449 e. The van der Waals surface area contributed by atoms with Crippen LogP contribution in [0.2, 0.25) is 0 Å². The van der Waals surface area contributed by atoms with Gasteiger partial charge in [-0.1, -0.05) is 18.2 Å². The SMILES string of the molecule is Cc1c(C(=O)OC2(C(N)=O)CC2)oc2ccccc12. The molecule has 5 heteroatoms. The maximum absolute atomic E-state index is 12.1. The number of benzene rings is 1. The third kappa shape index (κ3) is 1.78. The number of nitrogens with two attached hydrogens (primary N) is 1. The average Bonchev–Trinajstić information content (AvgIpc) is 3.09. The minimum Gasteiger partial charge on any atom is -0.449 e. The van der Waals surface area contributed by atoms with Crippen LogP contribution in [0.25, 0.3) is 11.0 Å². The highest BCUT2D eigenvalue weighted by molar-refractivity contribution is 5.98. The number of hydrogen-bond acceptors (Lipinski definition) is 4. The van der Waals surface area contributed by atoms with Gasteiger partial charge < -0.3 is 14.9 Å². The summed E-state index contributed by atoms with van der Waals surface area (Å²) in [6.45, 7) is 1.78. The van der Waals surface area contributed by atoms with E-state index in [0.717, 1.165) is 5.39 Å². The summed E-state index contributed by atoms with van der Waals surface area (Å²) >= 11 is 0. The molecule has 1 amide bonds. The summed E-state index contributed by atoms with van der Waals surface area (Å²) in [4.78, 5) is 23.3. The Kier molecular flexibility index (Phi) is 2.38. The van der Waals surface area contributed by atoms with Gasteiger partial charge in [-0.25, -0.2) is 4.79 Å². The number of ether oxygens (including phenoxy) is 1. The van der Waals surface area contributed by atoms with Crippen LogP contribution < -0.4 is 5.73 Å². The summed E-state index contributed by atoms with van der Waals surface area (Å²) in [6.07, 6.45) is 0.959. The molecule has 0 atom stereocenters. The van der Waals surface area contributed by atoms with Gasteiger partial charge in [0.2, 0.25) is 5.76 Å². The fourth-order valence-corrected chi connectivity index (χ4v) is 2.11. The van der Waals surface area contributed by atoms with Crippen LogP contribution in [0.3, 0.4) is 0 Å². The van der Waals surface area contributed by atoms with Crippen molar-refractivity contribution < 1.29 is 18.7 Å². The molecule has 5 nitrogen and oxygen atoms in total. The Morgan fingerprint density at radius 3 is 2.58 bits per heavy atom. The van der Waals surface area contributed by atoms with Crippen LogP contribution in [0.15, 0.2) is 28.7 Å². The number of para-hydroxylation sites is 1. The standard InChI is InChI=1S/C14H13NO4/c1-8-9-4-2-3-5-10(9)18-11(8)12(16)19-14(6-7-14)13(15)17/h2-5H,6-7H2,1H3,(H2,15,17). The van der Waals surface area contributed by atoms with E-state index in [0.29, 0.717) is 24.0 Å². The molecule has 1 aromatic carbocycles. The first-order valence-corrected chi connectivity index (χ1v) is 6.05. The van der Waals surface area contributed by atoms with Crippen molar-refractivity contribution in [3.8, 4) is 0 Å². The molecular weight excluding hydrogens is 246 g/mol. The average molecular weight is 259 g/mol. The van der Waals surface area contributed by atoms with Crippen molar-refractivity contribution in [3.05, 3.63) is 35.6 Å². The Morgan fingerprint density at radius 1 is 1.32 bits per heavy atom. The minimum absolute atomic E-state index is 0.133. The quantitative estimate of drug-likeness (QED) is 0.853. The zero-order chi connectivity index (χ0) is 13.6. The monoisotopic (exact) mass is 259 g/mol. The van der Waals surface area contributed by atoms with Crippen molar-refractivity contribution in [3.63, 3.8) is 0 Å². The number of aryl methyl sites for hydroxylation is 1. The van der Waals surface area contributed by atoms with Crippen LogP contribution in [0.5, 0.6) is 0 Å². The first-order valence-electron chi connectivity index (χ1n) is 6.05. The molecule has 0 unspecified atom stereocenters. The molecule has 0 aliphatic heterocycles. The highest BCUT2D eigenvalue weighted by atomic mass is 16.6. The Labute approximate surface area is 109 Å². The number of primary amides is 1. The van der Waals surface area contributed by atoms with Gasteiger partial charge in [0, 0.05) is 23.8 Å². The van der Waals surface area contributed by atoms with Gasteiger partial charge in [-0.3, -0.25) is 4.79 Å². The molecule has 1 aliphatic carbocycles. The van der Waals surface area contributed by atoms with E-state index >= 15 is 0 Å². The molecule has 0 radical (unpaired) electrons. The molecule has 1 aromatic heterocycles. The maximum atomic E-state index is 12.1. The lowest BCUT2D eigenvalue weighted by Crippen LogP contribution is -2.35. The van der Waals surface area contributed by atoms with Gasteiger partial charge in [0.15, 0.2) is 5.60 Å². The van der Waals surface area contributed by atoms with Crippen molar-refractivity contribution in [2.45, 2.75) is 25.4 Å². The number of carbonyl (C=O) groups is 2. The summed E-state index contributed by atoms with van der Waals surface area (Å²) < 4.78 is 10.7. The van der Waals surface area contributed by atoms with Gasteiger partial charge in [-0.15, -0.1) is 0 Å². The number of esters is 1. The number of amides is 1. The van der Waals surface area contributed by atoms with Crippen molar-refractivity contribution in [1.29, 1.82) is 0 Å². The van der Waals surface area contributed by atoms with Crippen LogP contribution in [0.4, 0.5) is 0 Å². The predicted molar refractivity (Wildman–Crippen MR) is 67.5 cm³/mol. The lowest BCUT2D eigenvalue weighted by atomic mass is 10.1. The van der Waals surface area contributed by atoms with Gasteiger partial charge in [0.25, 0.3) is 5.91 Å². The van der Waals surface area contributed by atoms with Crippen molar-refractivity contribution >= 4 is 22.8 Å². The molecule has 3 rings (SSSR count). The first-order chi connectivity index (χ1) is 9.03. The third-order valence-electron chi connectivity index (χ3n) is 3.47. The van der Waals surface area contributed by atoms with Gasteiger partial charge in [-0.05, 0) is 13.0 Å². The number of fused-ring (bicyclic) bond motifs is 1. The molecule has 19 heavy (non-hydrogen) atoms. The molecule has 0 spiro atoms. The van der Waals surface area contributed by atoms with Gasteiger partial charge in [0.1, 0.15) is 5.58 Å². The normalized spacial score (nSPS) is 16.3. The van der Waals surface area contributed by atoms with E-state index in [9.17, 15) is 9.59 Å². The first kappa shape index (κ1) is 11.8. The molecule has 0 bridgehead atoms. The maximum Gasteiger partial charge on any atom is 0.375 e. The van der Waals surface area contributed by atoms with Gasteiger partial charge in [-0.2, -0.15) is 0 Å². The van der Waals surface area contributed by atoms with E-state index in [-0.39, 0.29) is 5.76 Å². The number of rotatable bonds is 3. The fraction of sp³-hybridized carbons (Fsp3) is 0.286. The third-order valence-corrected chi connectivity index (χ3v) is 3.47. The predicted octanol–water partition coefficient (Wildman–Crippen LogP) is 1.92. The second-order valence-electron chi connectivity index (χ2n) is 4.80. The van der Waals surface area contributed by atoms with E-state index in [1.54, 1.807) is 13.0 Å². The smallest absolute Gasteiger partial charge is 0.375 e. The van der Waals surface area contributed by atoms with Crippen LogP contribution >= 0.6 is 0 Å². The summed E-state index contributed by atoms with van der Waals surface area (Å²) in [7, 11) is 0. The topological polar surface area (TPSA) is 82.5 Å². The molecule has 1 fully saturated rings. The van der Waals surface area contributed by atoms with E-state index in [2.05, 4.69) is 0 Å². The van der Waals surface area contributed by atoms with Gasteiger partial charge >= 0.3 is 5.97 Å². The lowest BCUT2D eigenvalue weighted by Gasteiger charge is -2.11. The molecule has 0 saturated heterocycles. The van der Waals surface area contributed by atoms with Crippen molar-refractivity contribution in [2.24, 2.45) is 5.73 Å². The van der Waals surface area contributed by atoms with Gasteiger partial charge in [0.05, 0.1) is 0 Å². The Bertz CT molecular complexity index is 682. The van der Waals surface area contributed by atoms with Crippen LogP contribution in [0, 0.1) is 6.92 Å². The highest BCUT2D eigenvalue weighted by Gasteiger charge is 2.53. The molecule has 2 N–H and O–H groups in total. The number of carbonyl (C=O) groups excluding carboxylic acids is 2. The summed E-state index contributed by atoms with van der Waals surface area (Å²) in [5.74, 6) is -1.10. The molecule has 98 valence electrons. The second kappa shape index (κ2) is 3.85. The highest BCUT2D eigenvalue weighted by Crippen LogP contribution is 2.40. The van der Waals surface area contributed by atoms with Crippen LogP contribution in [-0.2, 0) is 9.53 Å². The summed E-state index contributed by atoms with van der Waals surface area (Å²) in [5.41, 5.74) is 5.43. The Balaban J connectivity index is 1.94. The zero-order valence-electron chi connectivity index (χ0n) is 10.4. The summed E-state index contributed by atoms with van der Waals surface area (Å²) in [5, 5.41) is 0.860. The van der Waals surface area contributed by atoms with E-state index in [1.165, 1.54) is 0 Å². The minimum atomic E-state index is -1.12. The Morgan fingerprint density at radius 2 is 2.00 bits per heavy atom. The summed E-state index contributed by atoms with van der Waals surface area (Å²) in [6, 6.07) is 7.34. The molecule has 1 aliphatic rings. The second-order valence-corrected chi connectivity index (χ2v) is 4.80. The lowest BCUT2D eigenvalue weighted by molar-refractivity contribution is -0.128. The molecule has 2 aromatic rings. The van der Waals surface area contributed by atoms with Crippen LogP contribution in [-0.4, -0.2) is 17.5 Å². The molecule has 1 heterocycles.